The minimum absolute atomic E-state index is 0.362. The molecule has 17 heavy (non-hydrogen) atoms. The van der Waals surface area contributed by atoms with Crippen molar-refractivity contribution in [3.8, 4) is 0 Å². The van der Waals surface area contributed by atoms with E-state index in [9.17, 15) is 26.4 Å². The number of halogens is 3. The Morgan fingerprint density at radius 1 is 1.41 bits per heavy atom. The number of nitrogens with one attached hydrogen (secondary N) is 1. The molecule has 0 aromatic carbocycles. The van der Waals surface area contributed by atoms with Crippen molar-refractivity contribution in [3.05, 3.63) is 0 Å². The van der Waals surface area contributed by atoms with Crippen LogP contribution in [0.15, 0.2) is 0 Å². The molecule has 102 valence electrons. The molecule has 0 fully saturated rings. The fraction of sp³-hybridized carbons (Fsp3) is 0.875. The van der Waals surface area contributed by atoms with E-state index in [1.54, 1.807) is 13.2 Å². The van der Waals surface area contributed by atoms with E-state index < -0.39 is 33.6 Å². The molecule has 1 atom stereocenters. The normalized spacial score (nSPS) is 14.4. The fourth-order valence-electron chi connectivity index (χ4n) is 0.924. The molecular formula is C8H14F3NO3S2. The van der Waals surface area contributed by atoms with Gasteiger partial charge in [0, 0.05) is 18.2 Å². The zero-order chi connectivity index (χ0) is 13.7. The summed E-state index contributed by atoms with van der Waals surface area (Å²) in [5.74, 6) is -1.41. The standard InChI is InChI=1S/C8H14F3NO3S2/c1-6(5-16-2)7(13)12-3-4-17(14,15)8(9,10)11/h6H,3-5H2,1-2H3,(H,12,13). The Kier molecular flexibility index (Phi) is 6.31. The van der Waals surface area contributed by atoms with Gasteiger partial charge in [-0.15, -0.1) is 0 Å². The molecule has 0 radical (unpaired) electrons. The molecular weight excluding hydrogens is 279 g/mol. The lowest BCUT2D eigenvalue weighted by atomic mass is 10.2. The third kappa shape index (κ3) is 5.62. The van der Waals surface area contributed by atoms with Crippen molar-refractivity contribution in [2.75, 3.05) is 24.3 Å². The highest BCUT2D eigenvalue weighted by Gasteiger charge is 2.44. The molecule has 0 saturated carbocycles. The molecule has 1 unspecified atom stereocenters. The van der Waals surface area contributed by atoms with Crippen molar-refractivity contribution in [1.82, 2.24) is 5.32 Å². The molecule has 0 saturated heterocycles. The molecule has 0 spiro atoms. The third-order valence-corrected chi connectivity index (χ3v) is 4.17. The fourth-order valence-corrected chi connectivity index (χ4v) is 2.18. The highest BCUT2D eigenvalue weighted by Crippen LogP contribution is 2.23. The third-order valence-electron chi connectivity index (χ3n) is 1.89. The maximum Gasteiger partial charge on any atom is 0.497 e. The van der Waals surface area contributed by atoms with E-state index in [1.165, 1.54) is 11.8 Å². The average molecular weight is 293 g/mol. The van der Waals surface area contributed by atoms with Crippen LogP contribution in [0.25, 0.3) is 0 Å². The second kappa shape index (κ2) is 6.48. The van der Waals surface area contributed by atoms with Gasteiger partial charge >= 0.3 is 5.51 Å². The number of hydrogen-bond donors (Lipinski definition) is 1. The Morgan fingerprint density at radius 2 is 1.94 bits per heavy atom. The SMILES string of the molecule is CSCC(C)C(=O)NCCS(=O)(=O)C(F)(F)F. The van der Waals surface area contributed by atoms with E-state index in [1.807, 2.05) is 0 Å². The van der Waals surface area contributed by atoms with E-state index in [2.05, 4.69) is 5.32 Å². The first kappa shape index (κ1) is 16.6. The Bertz CT molecular complexity index is 354. The van der Waals surface area contributed by atoms with Gasteiger partial charge in [-0.25, -0.2) is 8.42 Å². The second-order valence-electron chi connectivity index (χ2n) is 3.41. The summed E-state index contributed by atoms with van der Waals surface area (Å²) in [6.07, 6.45) is 1.79. The van der Waals surface area contributed by atoms with Crippen LogP contribution in [0.3, 0.4) is 0 Å². The molecule has 0 aromatic heterocycles. The van der Waals surface area contributed by atoms with Gasteiger partial charge in [0.2, 0.25) is 15.7 Å². The van der Waals surface area contributed by atoms with Crippen molar-refractivity contribution in [2.24, 2.45) is 5.92 Å². The first-order valence-corrected chi connectivity index (χ1v) is 7.72. The average Bonchev–Trinajstić information content (AvgIpc) is 2.15. The minimum atomic E-state index is -5.26. The smallest absolute Gasteiger partial charge is 0.355 e. The highest BCUT2D eigenvalue weighted by molar-refractivity contribution is 7.98. The molecule has 0 bridgehead atoms. The summed E-state index contributed by atoms with van der Waals surface area (Å²) in [6.45, 7) is 1.09. The molecule has 4 nitrogen and oxygen atoms in total. The van der Waals surface area contributed by atoms with E-state index in [-0.39, 0.29) is 5.92 Å². The number of hydrogen-bond acceptors (Lipinski definition) is 4. The highest BCUT2D eigenvalue weighted by atomic mass is 32.2. The Balaban J connectivity index is 4.13. The van der Waals surface area contributed by atoms with Gasteiger partial charge in [-0.05, 0) is 6.26 Å². The van der Waals surface area contributed by atoms with Crippen LogP contribution in [0.5, 0.6) is 0 Å². The number of alkyl halides is 3. The molecule has 1 amide bonds. The molecule has 0 rings (SSSR count). The number of carbonyl (C=O) groups excluding carboxylic acids is 1. The van der Waals surface area contributed by atoms with Crippen LogP contribution in [-0.2, 0) is 14.6 Å². The molecule has 0 heterocycles. The van der Waals surface area contributed by atoms with Gasteiger partial charge in [-0.3, -0.25) is 4.79 Å². The predicted octanol–water partition coefficient (Wildman–Crippen LogP) is 1.04. The van der Waals surface area contributed by atoms with Crippen LogP contribution in [0.4, 0.5) is 13.2 Å². The van der Waals surface area contributed by atoms with Crippen LogP contribution < -0.4 is 5.32 Å². The number of sulfone groups is 1. The zero-order valence-corrected chi connectivity index (χ0v) is 11.0. The molecule has 0 aliphatic rings. The van der Waals surface area contributed by atoms with Gasteiger partial charge < -0.3 is 5.32 Å². The lowest BCUT2D eigenvalue weighted by molar-refractivity contribution is -0.123. The van der Waals surface area contributed by atoms with Gasteiger partial charge in [0.15, 0.2) is 0 Å². The Labute approximate surface area is 102 Å². The summed E-state index contributed by atoms with van der Waals surface area (Å²) in [4.78, 5) is 11.3. The maximum atomic E-state index is 11.9. The zero-order valence-electron chi connectivity index (χ0n) is 9.37. The van der Waals surface area contributed by atoms with Gasteiger partial charge in [0.1, 0.15) is 0 Å². The van der Waals surface area contributed by atoms with Gasteiger partial charge in [0.25, 0.3) is 0 Å². The first-order chi connectivity index (χ1) is 7.62. The largest absolute Gasteiger partial charge is 0.497 e. The number of thioether (sulfide) groups is 1. The van der Waals surface area contributed by atoms with Crippen LogP contribution in [-0.4, -0.2) is 44.1 Å². The lowest BCUT2D eigenvalue weighted by Crippen LogP contribution is -2.37. The minimum Gasteiger partial charge on any atom is -0.355 e. The molecule has 1 N–H and O–H groups in total. The Morgan fingerprint density at radius 3 is 2.35 bits per heavy atom. The lowest BCUT2D eigenvalue weighted by Gasteiger charge is -2.11. The summed E-state index contributed by atoms with van der Waals surface area (Å²) >= 11 is 1.42. The molecule has 0 aliphatic carbocycles. The summed E-state index contributed by atoms with van der Waals surface area (Å²) in [7, 11) is -5.15. The van der Waals surface area contributed by atoms with Gasteiger partial charge in [-0.2, -0.15) is 24.9 Å². The van der Waals surface area contributed by atoms with Crippen LogP contribution in [0.2, 0.25) is 0 Å². The predicted molar refractivity (Wildman–Crippen MR) is 60.4 cm³/mol. The number of carbonyl (C=O) groups is 1. The van der Waals surface area contributed by atoms with E-state index in [4.69, 9.17) is 0 Å². The van der Waals surface area contributed by atoms with Crippen LogP contribution in [0, 0.1) is 5.92 Å². The molecule has 9 heteroatoms. The quantitative estimate of drug-likeness (QED) is 0.794. The molecule has 0 aromatic rings. The van der Waals surface area contributed by atoms with Crippen molar-refractivity contribution < 1.29 is 26.4 Å². The summed E-state index contributed by atoms with van der Waals surface area (Å²) in [5.41, 5.74) is -5.26. The topological polar surface area (TPSA) is 63.2 Å². The number of rotatable bonds is 6. The summed E-state index contributed by atoms with van der Waals surface area (Å²) in [6, 6.07) is 0. The van der Waals surface area contributed by atoms with E-state index in [0.29, 0.717) is 5.75 Å². The Hall–Kier alpha value is -0.440. The monoisotopic (exact) mass is 293 g/mol. The van der Waals surface area contributed by atoms with Crippen molar-refractivity contribution in [1.29, 1.82) is 0 Å². The van der Waals surface area contributed by atoms with Crippen molar-refractivity contribution >= 4 is 27.5 Å². The van der Waals surface area contributed by atoms with Crippen molar-refractivity contribution in [3.63, 3.8) is 0 Å². The number of amides is 1. The maximum absolute atomic E-state index is 11.9. The first-order valence-electron chi connectivity index (χ1n) is 4.67. The van der Waals surface area contributed by atoms with E-state index >= 15 is 0 Å². The summed E-state index contributed by atoms with van der Waals surface area (Å²) < 4.78 is 57.1. The van der Waals surface area contributed by atoms with Crippen LogP contribution >= 0.6 is 11.8 Å². The second-order valence-corrected chi connectivity index (χ2v) is 6.42. The van der Waals surface area contributed by atoms with E-state index in [0.717, 1.165) is 0 Å². The van der Waals surface area contributed by atoms with Gasteiger partial charge in [0.05, 0.1) is 5.75 Å². The summed E-state index contributed by atoms with van der Waals surface area (Å²) in [5, 5.41) is 2.16. The van der Waals surface area contributed by atoms with Crippen molar-refractivity contribution in [2.45, 2.75) is 12.4 Å². The molecule has 0 aliphatic heterocycles. The van der Waals surface area contributed by atoms with Crippen LogP contribution in [0.1, 0.15) is 6.92 Å². The van der Waals surface area contributed by atoms with Gasteiger partial charge in [-0.1, -0.05) is 6.92 Å².